The molecule has 6 nitrogen and oxygen atoms in total. The highest BCUT2D eigenvalue weighted by Gasteiger charge is 2.22. The minimum absolute atomic E-state index is 0.272. The Balaban J connectivity index is 1.63. The molecule has 0 radical (unpaired) electrons. The molecule has 3 aromatic rings. The van der Waals surface area contributed by atoms with Gasteiger partial charge in [-0.05, 0) is 48.5 Å². The molecule has 0 bridgehead atoms. The summed E-state index contributed by atoms with van der Waals surface area (Å²) in [6.45, 7) is 0. The summed E-state index contributed by atoms with van der Waals surface area (Å²) in [5, 5.41) is 5.54. The topological polar surface area (TPSA) is 80.3 Å². The lowest BCUT2D eigenvalue weighted by molar-refractivity contribution is 0.101. The number of hydrogen-bond acceptors (Lipinski definition) is 4. The van der Waals surface area contributed by atoms with Gasteiger partial charge in [0.25, 0.3) is 11.8 Å². The number of pyridine rings is 1. The highest BCUT2D eigenvalue weighted by molar-refractivity contribution is 9.10. The van der Waals surface area contributed by atoms with Crippen molar-refractivity contribution in [2.24, 2.45) is 0 Å². The van der Waals surface area contributed by atoms with E-state index in [0.29, 0.717) is 34.1 Å². The van der Waals surface area contributed by atoms with Crippen LogP contribution in [0.3, 0.4) is 0 Å². The fourth-order valence-electron chi connectivity index (χ4n) is 2.57. The molecule has 2 amide bonds. The zero-order valence-electron chi connectivity index (χ0n) is 13.3. The lowest BCUT2D eigenvalue weighted by Crippen LogP contribution is -2.14. The molecule has 128 valence electrons. The number of carbonyl (C=O) groups is 2. The first kappa shape index (κ1) is 16.3. The zero-order chi connectivity index (χ0) is 18.1. The lowest BCUT2D eigenvalue weighted by atomic mass is 10.1. The number of nitrogens with one attached hydrogen (secondary N) is 2. The van der Waals surface area contributed by atoms with E-state index in [1.54, 1.807) is 54.7 Å². The summed E-state index contributed by atoms with van der Waals surface area (Å²) < 4.78 is 6.53. The molecule has 2 aromatic carbocycles. The second-order valence-electron chi connectivity index (χ2n) is 5.59. The van der Waals surface area contributed by atoms with E-state index >= 15 is 0 Å². The summed E-state index contributed by atoms with van der Waals surface area (Å²) >= 11 is 3.34. The average molecular weight is 410 g/mol. The van der Waals surface area contributed by atoms with Crippen LogP contribution in [0.25, 0.3) is 0 Å². The van der Waals surface area contributed by atoms with E-state index in [9.17, 15) is 9.59 Å². The van der Waals surface area contributed by atoms with Gasteiger partial charge in [0.1, 0.15) is 11.4 Å². The molecule has 7 heteroatoms. The van der Waals surface area contributed by atoms with Crippen LogP contribution in [-0.2, 0) is 0 Å². The first-order valence-electron chi connectivity index (χ1n) is 7.75. The maximum Gasteiger partial charge on any atom is 0.259 e. The van der Waals surface area contributed by atoms with Gasteiger partial charge < -0.3 is 15.4 Å². The van der Waals surface area contributed by atoms with Crippen LogP contribution in [0.2, 0.25) is 0 Å². The van der Waals surface area contributed by atoms with Crippen LogP contribution in [0.1, 0.15) is 20.7 Å². The summed E-state index contributed by atoms with van der Waals surface area (Å²) in [6.07, 6.45) is 1.59. The van der Waals surface area contributed by atoms with Crippen molar-refractivity contribution in [1.29, 1.82) is 0 Å². The Kier molecular flexibility index (Phi) is 4.14. The van der Waals surface area contributed by atoms with Crippen LogP contribution in [0.4, 0.5) is 11.4 Å². The van der Waals surface area contributed by atoms with Crippen molar-refractivity contribution in [2.45, 2.75) is 0 Å². The van der Waals surface area contributed by atoms with Crippen LogP contribution in [0, 0.1) is 0 Å². The van der Waals surface area contributed by atoms with Crippen LogP contribution in [-0.4, -0.2) is 16.8 Å². The van der Waals surface area contributed by atoms with Gasteiger partial charge in [-0.15, -0.1) is 0 Å². The molecule has 1 aliphatic rings. The van der Waals surface area contributed by atoms with E-state index < -0.39 is 0 Å². The lowest BCUT2D eigenvalue weighted by Gasteiger charge is -2.09. The molecule has 0 fully saturated rings. The molecular formula is C19H12BrN3O3. The van der Waals surface area contributed by atoms with Gasteiger partial charge in [-0.25, -0.2) is 4.98 Å². The minimum atomic E-state index is -0.328. The summed E-state index contributed by atoms with van der Waals surface area (Å²) in [5.41, 5.74) is 1.81. The summed E-state index contributed by atoms with van der Waals surface area (Å²) in [5.74, 6) is 0.0994. The van der Waals surface area contributed by atoms with Crippen molar-refractivity contribution >= 4 is 39.1 Å². The average Bonchev–Trinajstić information content (AvgIpc) is 2.77. The van der Waals surface area contributed by atoms with E-state index in [1.165, 1.54) is 0 Å². The highest BCUT2D eigenvalue weighted by atomic mass is 79.9. The summed E-state index contributed by atoms with van der Waals surface area (Å²) in [6, 6.07) is 15.4. The second-order valence-corrected chi connectivity index (χ2v) is 6.50. The highest BCUT2D eigenvalue weighted by Crippen LogP contribution is 2.34. The molecule has 2 N–H and O–H groups in total. The molecule has 0 unspecified atom stereocenters. The van der Waals surface area contributed by atoms with Crippen LogP contribution < -0.4 is 15.4 Å². The standard InChI is InChI=1S/C19H12BrN3O3/c20-12-4-1-3-11(9-12)17(24)22-13-6-7-16-14(10-13)18(25)23-15-5-2-8-21-19(15)26-16/h1-10H,(H,22,24)(H,23,25). The quantitative estimate of drug-likeness (QED) is 0.654. The Morgan fingerprint density at radius 1 is 1.12 bits per heavy atom. The number of hydrogen-bond donors (Lipinski definition) is 2. The number of benzene rings is 2. The van der Waals surface area contributed by atoms with Gasteiger partial charge >= 0.3 is 0 Å². The Hall–Kier alpha value is -3.19. The van der Waals surface area contributed by atoms with E-state index in [-0.39, 0.29) is 11.8 Å². The number of halogens is 1. The minimum Gasteiger partial charge on any atom is -0.436 e. The molecule has 4 rings (SSSR count). The number of aromatic nitrogens is 1. The first-order chi connectivity index (χ1) is 12.6. The number of rotatable bonds is 2. The van der Waals surface area contributed by atoms with Gasteiger partial charge in [0.15, 0.2) is 0 Å². The van der Waals surface area contributed by atoms with Crippen molar-refractivity contribution in [3.63, 3.8) is 0 Å². The molecule has 26 heavy (non-hydrogen) atoms. The smallest absolute Gasteiger partial charge is 0.259 e. The number of amides is 2. The fourth-order valence-corrected chi connectivity index (χ4v) is 2.97. The third kappa shape index (κ3) is 3.16. The Labute approximate surface area is 157 Å². The van der Waals surface area contributed by atoms with Gasteiger partial charge in [0.05, 0.1) is 5.56 Å². The van der Waals surface area contributed by atoms with E-state index in [1.807, 2.05) is 6.07 Å². The molecule has 0 atom stereocenters. The Bertz CT molecular complexity index is 1040. The predicted octanol–water partition coefficient (Wildman–Crippen LogP) is 4.45. The van der Waals surface area contributed by atoms with Crippen LogP contribution in [0.5, 0.6) is 11.6 Å². The van der Waals surface area contributed by atoms with Crippen molar-refractivity contribution in [3.05, 3.63) is 76.4 Å². The normalized spacial score (nSPS) is 12.1. The molecule has 0 aliphatic carbocycles. The number of fused-ring (bicyclic) bond motifs is 2. The molecule has 1 aliphatic heterocycles. The monoisotopic (exact) mass is 409 g/mol. The number of carbonyl (C=O) groups excluding carboxylic acids is 2. The van der Waals surface area contributed by atoms with Crippen LogP contribution >= 0.6 is 15.9 Å². The van der Waals surface area contributed by atoms with Gasteiger partial charge in [-0.1, -0.05) is 22.0 Å². The molecule has 0 saturated carbocycles. The maximum absolute atomic E-state index is 12.5. The van der Waals surface area contributed by atoms with Gasteiger partial charge in [0.2, 0.25) is 5.88 Å². The molecular weight excluding hydrogens is 398 g/mol. The van der Waals surface area contributed by atoms with Crippen molar-refractivity contribution in [2.75, 3.05) is 10.6 Å². The largest absolute Gasteiger partial charge is 0.436 e. The molecule has 0 spiro atoms. The van der Waals surface area contributed by atoms with Gasteiger partial charge in [0, 0.05) is 21.9 Å². The third-order valence-corrected chi connectivity index (χ3v) is 4.29. The number of anilines is 2. The van der Waals surface area contributed by atoms with Crippen molar-refractivity contribution in [1.82, 2.24) is 4.98 Å². The van der Waals surface area contributed by atoms with Crippen molar-refractivity contribution in [3.8, 4) is 11.6 Å². The molecule has 0 saturated heterocycles. The summed E-state index contributed by atoms with van der Waals surface area (Å²) in [7, 11) is 0. The summed E-state index contributed by atoms with van der Waals surface area (Å²) in [4.78, 5) is 29.0. The van der Waals surface area contributed by atoms with Crippen molar-refractivity contribution < 1.29 is 14.3 Å². The Morgan fingerprint density at radius 2 is 2.00 bits per heavy atom. The number of ether oxygens (including phenoxy) is 1. The SMILES string of the molecule is O=C(Nc1ccc2c(c1)C(=O)Nc1cccnc1O2)c1cccc(Br)c1. The van der Waals surface area contributed by atoms with E-state index in [0.717, 1.165) is 4.47 Å². The fraction of sp³-hybridized carbons (Fsp3) is 0. The second kappa shape index (κ2) is 6.61. The first-order valence-corrected chi connectivity index (χ1v) is 8.55. The van der Waals surface area contributed by atoms with E-state index in [4.69, 9.17) is 4.74 Å². The Morgan fingerprint density at radius 3 is 2.85 bits per heavy atom. The zero-order valence-corrected chi connectivity index (χ0v) is 14.9. The van der Waals surface area contributed by atoms with Gasteiger partial charge in [-0.2, -0.15) is 0 Å². The molecule has 1 aromatic heterocycles. The molecule has 2 heterocycles. The number of nitrogens with zero attached hydrogens (tertiary/aromatic N) is 1. The maximum atomic E-state index is 12.5. The van der Waals surface area contributed by atoms with Crippen LogP contribution in [0.15, 0.2) is 65.3 Å². The van der Waals surface area contributed by atoms with Gasteiger partial charge in [-0.3, -0.25) is 9.59 Å². The predicted molar refractivity (Wildman–Crippen MR) is 101 cm³/mol. The van der Waals surface area contributed by atoms with E-state index in [2.05, 4.69) is 31.5 Å². The third-order valence-electron chi connectivity index (χ3n) is 3.79.